The van der Waals surface area contributed by atoms with Crippen LogP contribution in [-0.4, -0.2) is 57.0 Å². The molecule has 0 aliphatic carbocycles. The number of ether oxygens (including phenoxy) is 1. The Morgan fingerprint density at radius 2 is 2.14 bits per heavy atom. The molecule has 0 spiro atoms. The fraction of sp³-hybridized carbons (Fsp3) is 0.500. The number of sulfone groups is 1. The number of benzene rings is 1. The van der Waals surface area contributed by atoms with Crippen LogP contribution in [0.2, 0.25) is 0 Å². The third kappa shape index (κ3) is 4.05. The molecule has 7 heteroatoms. The molecule has 0 aromatic heterocycles. The van der Waals surface area contributed by atoms with E-state index in [2.05, 4.69) is 15.9 Å². The van der Waals surface area contributed by atoms with Gasteiger partial charge < -0.3 is 9.64 Å². The Labute approximate surface area is 133 Å². The van der Waals surface area contributed by atoms with E-state index >= 15 is 0 Å². The van der Waals surface area contributed by atoms with Crippen LogP contribution in [0.1, 0.15) is 16.8 Å². The van der Waals surface area contributed by atoms with E-state index in [4.69, 9.17) is 4.74 Å². The van der Waals surface area contributed by atoms with Crippen LogP contribution >= 0.6 is 15.9 Å². The van der Waals surface area contributed by atoms with E-state index in [1.165, 1.54) is 0 Å². The van der Waals surface area contributed by atoms with E-state index in [1.54, 1.807) is 30.2 Å². The molecule has 1 aliphatic heterocycles. The van der Waals surface area contributed by atoms with E-state index in [-0.39, 0.29) is 23.5 Å². The fourth-order valence-electron chi connectivity index (χ4n) is 2.45. The average molecular weight is 376 g/mol. The number of amides is 1. The lowest BCUT2D eigenvalue weighted by molar-refractivity contribution is 0.0623. The maximum Gasteiger partial charge on any atom is 0.255 e. The van der Waals surface area contributed by atoms with Crippen LogP contribution in [0.25, 0.3) is 0 Å². The summed E-state index contributed by atoms with van der Waals surface area (Å²) >= 11 is 3.37. The lowest BCUT2D eigenvalue weighted by Crippen LogP contribution is -2.43. The van der Waals surface area contributed by atoms with Gasteiger partial charge >= 0.3 is 0 Å². The summed E-state index contributed by atoms with van der Waals surface area (Å²) in [5.74, 6) is 0.0127. The van der Waals surface area contributed by atoms with Crippen molar-refractivity contribution in [2.45, 2.75) is 12.5 Å². The maximum atomic E-state index is 12.7. The molecule has 0 N–H and O–H groups in total. The van der Waals surface area contributed by atoms with Crippen molar-refractivity contribution in [2.75, 3.05) is 31.8 Å². The van der Waals surface area contributed by atoms with Gasteiger partial charge in [-0.1, -0.05) is 12.1 Å². The van der Waals surface area contributed by atoms with Gasteiger partial charge in [0.15, 0.2) is 9.84 Å². The fourth-order valence-corrected chi connectivity index (χ4v) is 4.64. The Balaban J connectivity index is 2.24. The SMILES string of the molecule is COCCN(C(=O)c1ccccc1Br)C1CCS(=O)(=O)C1. The molecule has 1 atom stereocenters. The number of carbonyl (C=O) groups excluding carboxylic acids is 1. The first-order valence-corrected chi connectivity index (χ1v) is 9.31. The molecule has 0 saturated carbocycles. The predicted octanol–water partition coefficient (Wildman–Crippen LogP) is 1.72. The summed E-state index contributed by atoms with van der Waals surface area (Å²) in [4.78, 5) is 14.3. The van der Waals surface area contributed by atoms with E-state index in [9.17, 15) is 13.2 Å². The number of nitrogens with zero attached hydrogens (tertiary/aromatic N) is 1. The summed E-state index contributed by atoms with van der Waals surface area (Å²) in [5.41, 5.74) is 0.540. The van der Waals surface area contributed by atoms with Crippen molar-refractivity contribution < 1.29 is 17.9 Å². The number of rotatable bonds is 5. The van der Waals surface area contributed by atoms with Crippen molar-refractivity contribution >= 4 is 31.7 Å². The van der Waals surface area contributed by atoms with Crippen LogP contribution in [-0.2, 0) is 14.6 Å². The largest absolute Gasteiger partial charge is 0.383 e. The van der Waals surface area contributed by atoms with Crippen molar-refractivity contribution in [3.8, 4) is 0 Å². The van der Waals surface area contributed by atoms with Crippen LogP contribution < -0.4 is 0 Å². The van der Waals surface area contributed by atoms with E-state index in [0.717, 1.165) is 0 Å². The van der Waals surface area contributed by atoms with Crippen molar-refractivity contribution in [2.24, 2.45) is 0 Å². The number of halogens is 1. The highest BCUT2D eigenvalue weighted by Gasteiger charge is 2.35. The molecule has 116 valence electrons. The van der Waals surface area contributed by atoms with E-state index in [0.29, 0.717) is 29.6 Å². The Bertz CT molecular complexity index is 617. The van der Waals surface area contributed by atoms with Crippen molar-refractivity contribution in [3.63, 3.8) is 0 Å². The molecular formula is C14H18BrNO4S. The zero-order chi connectivity index (χ0) is 15.5. The van der Waals surface area contributed by atoms with E-state index < -0.39 is 9.84 Å². The molecular weight excluding hydrogens is 358 g/mol. The standard InChI is InChI=1S/C14H18BrNO4S/c1-20-8-7-16(11-6-9-21(18,19)10-11)14(17)12-4-2-3-5-13(12)15/h2-5,11H,6-10H2,1H3. The van der Waals surface area contributed by atoms with Crippen molar-refractivity contribution in [1.82, 2.24) is 4.90 Å². The number of carbonyl (C=O) groups is 1. The topological polar surface area (TPSA) is 63.7 Å². The summed E-state index contributed by atoms with van der Waals surface area (Å²) in [5, 5.41) is 0. The van der Waals surface area contributed by atoms with E-state index in [1.807, 2.05) is 6.07 Å². The monoisotopic (exact) mass is 375 g/mol. The minimum Gasteiger partial charge on any atom is -0.383 e. The summed E-state index contributed by atoms with van der Waals surface area (Å²) in [6.07, 6.45) is 0.488. The van der Waals surface area contributed by atoms with Crippen molar-refractivity contribution in [1.29, 1.82) is 0 Å². The Kier molecular flexibility index (Phi) is 5.40. The zero-order valence-electron chi connectivity index (χ0n) is 11.8. The van der Waals surface area contributed by atoms with Crippen LogP contribution in [0.15, 0.2) is 28.7 Å². The molecule has 1 aromatic rings. The number of hydrogen-bond acceptors (Lipinski definition) is 4. The van der Waals surface area contributed by atoms with Gasteiger partial charge in [0.1, 0.15) is 0 Å². The third-order valence-corrected chi connectivity index (χ3v) is 5.99. The summed E-state index contributed by atoms with van der Waals surface area (Å²) < 4.78 is 29.1. The van der Waals surface area contributed by atoms with Gasteiger partial charge in [0, 0.05) is 24.2 Å². The lowest BCUT2D eigenvalue weighted by Gasteiger charge is -2.28. The van der Waals surface area contributed by atoms with Crippen LogP contribution in [0.3, 0.4) is 0 Å². The second kappa shape index (κ2) is 6.89. The quantitative estimate of drug-likeness (QED) is 0.785. The average Bonchev–Trinajstić information content (AvgIpc) is 2.79. The molecule has 1 saturated heterocycles. The third-order valence-electron chi connectivity index (χ3n) is 3.55. The lowest BCUT2D eigenvalue weighted by atomic mass is 10.1. The van der Waals surface area contributed by atoms with Gasteiger partial charge in [-0.15, -0.1) is 0 Å². The molecule has 1 heterocycles. The van der Waals surface area contributed by atoms with Crippen molar-refractivity contribution in [3.05, 3.63) is 34.3 Å². The van der Waals surface area contributed by atoms with Gasteiger partial charge in [-0.2, -0.15) is 0 Å². The molecule has 1 unspecified atom stereocenters. The summed E-state index contributed by atoms with van der Waals surface area (Å²) in [7, 11) is -1.48. The summed E-state index contributed by atoms with van der Waals surface area (Å²) in [6.45, 7) is 0.767. The number of methoxy groups -OCH3 is 1. The molecule has 5 nitrogen and oxygen atoms in total. The highest BCUT2D eigenvalue weighted by Crippen LogP contribution is 2.23. The molecule has 1 fully saturated rings. The normalized spacial score (nSPS) is 20.4. The molecule has 1 aliphatic rings. The highest BCUT2D eigenvalue weighted by molar-refractivity contribution is 9.10. The second-order valence-corrected chi connectivity index (χ2v) is 8.11. The molecule has 0 bridgehead atoms. The Morgan fingerprint density at radius 3 is 2.71 bits per heavy atom. The van der Waals surface area contributed by atoms with Gasteiger partial charge in [-0.25, -0.2) is 8.42 Å². The number of hydrogen-bond donors (Lipinski definition) is 0. The van der Waals surface area contributed by atoms with Crippen LogP contribution in [0.4, 0.5) is 0 Å². The Hall–Kier alpha value is -0.920. The zero-order valence-corrected chi connectivity index (χ0v) is 14.2. The first-order chi connectivity index (χ1) is 9.94. The van der Waals surface area contributed by atoms with Crippen LogP contribution in [0, 0.1) is 0 Å². The first kappa shape index (κ1) is 16.5. The molecule has 1 amide bonds. The smallest absolute Gasteiger partial charge is 0.255 e. The molecule has 2 rings (SSSR count). The maximum absolute atomic E-state index is 12.7. The minimum absolute atomic E-state index is 0.0346. The second-order valence-electron chi connectivity index (χ2n) is 5.03. The van der Waals surface area contributed by atoms with Gasteiger partial charge in [0.2, 0.25) is 0 Å². The highest BCUT2D eigenvalue weighted by atomic mass is 79.9. The predicted molar refractivity (Wildman–Crippen MR) is 84.1 cm³/mol. The summed E-state index contributed by atoms with van der Waals surface area (Å²) in [6, 6.07) is 6.88. The first-order valence-electron chi connectivity index (χ1n) is 6.69. The molecule has 0 radical (unpaired) electrons. The minimum atomic E-state index is -3.04. The van der Waals surface area contributed by atoms with Gasteiger partial charge in [-0.05, 0) is 34.5 Å². The molecule has 1 aromatic carbocycles. The van der Waals surface area contributed by atoms with Crippen LogP contribution in [0.5, 0.6) is 0 Å². The van der Waals surface area contributed by atoms with Gasteiger partial charge in [0.25, 0.3) is 5.91 Å². The van der Waals surface area contributed by atoms with Gasteiger partial charge in [-0.3, -0.25) is 4.79 Å². The molecule has 21 heavy (non-hydrogen) atoms. The Morgan fingerprint density at radius 1 is 1.43 bits per heavy atom. The van der Waals surface area contributed by atoms with Gasteiger partial charge in [0.05, 0.1) is 23.7 Å².